The lowest BCUT2D eigenvalue weighted by molar-refractivity contribution is 0.0371. The molecule has 1 aliphatic heterocycles. The van der Waals surface area contributed by atoms with Crippen LogP contribution in [-0.4, -0.2) is 35.5 Å². The average Bonchev–Trinajstić information content (AvgIpc) is 3.12. The Kier molecular flexibility index (Phi) is 5.02. The third-order valence-electron chi connectivity index (χ3n) is 5.22. The summed E-state index contributed by atoms with van der Waals surface area (Å²) in [6.45, 7) is 3.63. The van der Waals surface area contributed by atoms with Crippen molar-refractivity contribution in [2.75, 3.05) is 19.7 Å². The number of rotatable bonds is 5. The quantitative estimate of drug-likeness (QED) is 0.702. The van der Waals surface area contributed by atoms with Crippen LogP contribution in [-0.2, 0) is 11.3 Å². The van der Waals surface area contributed by atoms with Gasteiger partial charge in [0.25, 0.3) is 0 Å². The van der Waals surface area contributed by atoms with E-state index < -0.39 is 0 Å². The lowest BCUT2D eigenvalue weighted by Gasteiger charge is -2.31. The van der Waals surface area contributed by atoms with Crippen molar-refractivity contribution in [1.82, 2.24) is 9.88 Å². The predicted octanol–water partition coefficient (Wildman–Crippen LogP) is 4.24. The summed E-state index contributed by atoms with van der Waals surface area (Å²) in [4.78, 5) is 18.0. The van der Waals surface area contributed by atoms with Gasteiger partial charge in [0.1, 0.15) is 0 Å². The number of H-pyrrole nitrogens is 1. The van der Waals surface area contributed by atoms with E-state index in [2.05, 4.69) is 40.2 Å². The van der Waals surface area contributed by atoms with Gasteiger partial charge in [-0.2, -0.15) is 0 Å². The van der Waals surface area contributed by atoms with Crippen LogP contribution < -0.4 is 0 Å². The summed E-state index contributed by atoms with van der Waals surface area (Å²) in [5.74, 6) is 0.227. The molecule has 0 bridgehead atoms. The molecule has 1 N–H and O–H groups in total. The Hall–Kier alpha value is -2.59. The molecule has 4 heteroatoms. The highest BCUT2D eigenvalue weighted by Gasteiger charge is 2.21. The van der Waals surface area contributed by atoms with Crippen molar-refractivity contribution in [3.63, 3.8) is 0 Å². The smallest absolute Gasteiger partial charge is 0.340 e. The Balaban J connectivity index is 1.26. The van der Waals surface area contributed by atoms with Crippen LogP contribution in [0, 0.1) is 5.92 Å². The number of fused-ring (bicyclic) bond motifs is 1. The van der Waals surface area contributed by atoms with E-state index in [9.17, 15) is 4.79 Å². The molecule has 0 radical (unpaired) electrons. The van der Waals surface area contributed by atoms with Crippen molar-refractivity contribution in [2.45, 2.75) is 19.4 Å². The van der Waals surface area contributed by atoms with Crippen molar-refractivity contribution < 1.29 is 9.53 Å². The normalized spacial score (nSPS) is 16.0. The monoisotopic (exact) mass is 348 g/mol. The summed E-state index contributed by atoms with van der Waals surface area (Å²) in [6, 6.07) is 18.4. The number of aromatic amines is 1. The molecule has 0 atom stereocenters. The number of carbonyl (C=O) groups is 1. The lowest BCUT2D eigenvalue weighted by atomic mass is 9.97. The van der Waals surface area contributed by atoms with Gasteiger partial charge in [-0.25, -0.2) is 4.79 Å². The van der Waals surface area contributed by atoms with Gasteiger partial charge in [0.15, 0.2) is 0 Å². The Labute approximate surface area is 153 Å². The first-order valence-electron chi connectivity index (χ1n) is 9.29. The van der Waals surface area contributed by atoms with Crippen molar-refractivity contribution in [3.05, 3.63) is 71.9 Å². The molecular weight excluding hydrogens is 324 g/mol. The third-order valence-corrected chi connectivity index (χ3v) is 5.22. The molecule has 2 heterocycles. The topological polar surface area (TPSA) is 45.3 Å². The molecule has 26 heavy (non-hydrogen) atoms. The zero-order valence-electron chi connectivity index (χ0n) is 14.9. The molecule has 0 aliphatic carbocycles. The fourth-order valence-corrected chi connectivity index (χ4v) is 3.66. The maximum atomic E-state index is 12.4. The van der Waals surface area contributed by atoms with Crippen molar-refractivity contribution in [1.29, 1.82) is 0 Å². The first kappa shape index (κ1) is 16.9. The lowest BCUT2D eigenvalue weighted by Crippen LogP contribution is -2.34. The van der Waals surface area contributed by atoms with Gasteiger partial charge in [0.2, 0.25) is 0 Å². The predicted molar refractivity (Wildman–Crippen MR) is 103 cm³/mol. The second-order valence-corrected chi connectivity index (χ2v) is 7.05. The Morgan fingerprint density at radius 1 is 1.04 bits per heavy atom. The van der Waals surface area contributed by atoms with Crippen LogP contribution in [0.4, 0.5) is 0 Å². The number of benzene rings is 2. The van der Waals surface area contributed by atoms with E-state index in [1.54, 1.807) is 6.20 Å². The largest absolute Gasteiger partial charge is 0.462 e. The van der Waals surface area contributed by atoms with Gasteiger partial charge in [-0.1, -0.05) is 48.5 Å². The number of piperidine rings is 1. The number of hydrogen-bond donors (Lipinski definition) is 1. The molecule has 2 aromatic carbocycles. The van der Waals surface area contributed by atoms with Gasteiger partial charge < -0.3 is 9.72 Å². The molecule has 1 fully saturated rings. The number of hydrogen-bond acceptors (Lipinski definition) is 3. The molecule has 4 rings (SSSR count). The van der Waals surface area contributed by atoms with E-state index in [0.717, 1.165) is 43.4 Å². The number of aromatic nitrogens is 1. The molecular formula is C22H24N2O2. The minimum Gasteiger partial charge on any atom is -0.462 e. The van der Waals surface area contributed by atoms with Crippen molar-refractivity contribution in [2.24, 2.45) is 5.92 Å². The third kappa shape index (κ3) is 3.81. The van der Waals surface area contributed by atoms with Crippen LogP contribution in [0.2, 0.25) is 0 Å². The molecule has 1 saturated heterocycles. The maximum Gasteiger partial charge on any atom is 0.340 e. The summed E-state index contributed by atoms with van der Waals surface area (Å²) in [5, 5.41) is 0.926. The molecule has 4 nitrogen and oxygen atoms in total. The van der Waals surface area contributed by atoms with Crippen molar-refractivity contribution >= 4 is 16.9 Å². The zero-order valence-corrected chi connectivity index (χ0v) is 14.9. The SMILES string of the molecule is O=C(OCC1CCN(Cc2ccccc2)CC1)c1c[nH]c2ccccc12. The fourth-order valence-electron chi connectivity index (χ4n) is 3.66. The average molecular weight is 348 g/mol. The Morgan fingerprint density at radius 3 is 2.58 bits per heavy atom. The molecule has 1 aromatic heterocycles. The molecule has 134 valence electrons. The number of nitrogens with zero attached hydrogens (tertiary/aromatic N) is 1. The van der Waals surface area contributed by atoms with Gasteiger partial charge in [-0.3, -0.25) is 4.90 Å². The minimum atomic E-state index is -0.228. The number of nitrogens with one attached hydrogen (secondary N) is 1. The number of esters is 1. The van der Waals surface area contributed by atoms with E-state index >= 15 is 0 Å². The van der Waals surface area contributed by atoms with Gasteiger partial charge in [0.05, 0.1) is 12.2 Å². The molecule has 0 spiro atoms. The molecule has 0 saturated carbocycles. The Morgan fingerprint density at radius 2 is 1.77 bits per heavy atom. The highest BCUT2D eigenvalue weighted by atomic mass is 16.5. The van der Waals surface area contributed by atoms with E-state index in [1.165, 1.54) is 5.56 Å². The fraction of sp³-hybridized carbons (Fsp3) is 0.318. The Bertz CT molecular complexity index is 864. The highest BCUT2D eigenvalue weighted by molar-refractivity contribution is 6.03. The highest BCUT2D eigenvalue weighted by Crippen LogP contribution is 2.22. The molecule has 1 aliphatic rings. The van der Waals surface area contributed by atoms with E-state index in [4.69, 9.17) is 4.74 Å². The first-order valence-corrected chi connectivity index (χ1v) is 9.29. The number of carbonyl (C=O) groups excluding carboxylic acids is 1. The second kappa shape index (κ2) is 7.75. The van der Waals surface area contributed by atoms with E-state index in [1.807, 2.05) is 24.3 Å². The summed E-state index contributed by atoms with van der Waals surface area (Å²) in [6.07, 6.45) is 3.90. The van der Waals surface area contributed by atoms with Gasteiger partial charge >= 0.3 is 5.97 Å². The molecule has 3 aromatic rings. The van der Waals surface area contributed by atoms with Crippen LogP contribution >= 0.6 is 0 Å². The van der Waals surface area contributed by atoms with Crippen LogP contribution in [0.5, 0.6) is 0 Å². The second-order valence-electron chi connectivity index (χ2n) is 7.05. The number of likely N-dealkylation sites (tertiary alicyclic amines) is 1. The summed E-state index contributed by atoms with van der Waals surface area (Å²) >= 11 is 0. The molecule has 0 unspecified atom stereocenters. The van der Waals surface area contributed by atoms with Crippen LogP contribution in [0.1, 0.15) is 28.8 Å². The van der Waals surface area contributed by atoms with Gasteiger partial charge in [-0.05, 0) is 43.5 Å². The van der Waals surface area contributed by atoms with Crippen molar-refractivity contribution in [3.8, 4) is 0 Å². The number of para-hydroxylation sites is 1. The summed E-state index contributed by atoms with van der Waals surface area (Å²) in [5.41, 5.74) is 2.95. The van der Waals surface area contributed by atoms with Crippen LogP contribution in [0.3, 0.4) is 0 Å². The van der Waals surface area contributed by atoms with Crippen LogP contribution in [0.15, 0.2) is 60.8 Å². The maximum absolute atomic E-state index is 12.4. The van der Waals surface area contributed by atoms with Crippen LogP contribution in [0.25, 0.3) is 10.9 Å². The van der Waals surface area contributed by atoms with Gasteiger partial charge in [-0.15, -0.1) is 0 Å². The van der Waals surface area contributed by atoms with E-state index in [0.29, 0.717) is 18.1 Å². The minimum absolute atomic E-state index is 0.228. The zero-order chi connectivity index (χ0) is 17.8. The standard InChI is InChI=1S/C22H24N2O2/c25-22(20-14-23-21-9-5-4-8-19(20)21)26-16-18-10-12-24(13-11-18)15-17-6-2-1-3-7-17/h1-9,14,18,23H,10-13,15-16H2. The number of ether oxygens (including phenoxy) is 1. The van der Waals surface area contributed by atoms with E-state index in [-0.39, 0.29) is 5.97 Å². The molecule has 0 amide bonds. The summed E-state index contributed by atoms with van der Waals surface area (Å²) < 4.78 is 5.61. The summed E-state index contributed by atoms with van der Waals surface area (Å²) in [7, 11) is 0. The first-order chi connectivity index (χ1) is 12.8. The van der Waals surface area contributed by atoms with Gasteiger partial charge in [0, 0.05) is 23.6 Å².